The zero-order valence-electron chi connectivity index (χ0n) is 16.1. The summed E-state index contributed by atoms with van der Waals surface area (Å²) in [4.78, 5) is 17.9. The van der Waals surface area contributed by atoms with Gasteiger partial charge >= 0.3 is 0 Å². The number of carbonyl (C=O) groups excluding carboxylic acids is 1. The summed E-state index contributed by atoms with van der Waals surface area (Å²) < 4.78 is 0. The van der Waals surface area contributed by atoms with Crippen LogP contribution in [0, 0.1) is 6.92 Å². The lowest BCUT2D eigenvalue weighted by molar-refractivity contribution is -0.115. The van der Waals surface area contributed by atoms with Gasteiger partial charge in [-0.15, -0.1) is 0 Å². The first-order valence-electron chi connectivity index (χ1n) is 9.55. The first kappa shape index (κ1) is 18.9. The Labute approximate surface area is 183 Å². The van der Waals surface area contributed by atoms with E-state index in [2.05, 4.69) is 40.6 Å². The van der Waals surface area contributed by atoms with E-state index >= 15 is 0 Å². The van der Waals surface area contributed by atoms with E-state index in [1.807, 2.05) is 49.4 Å². The second-order valence-electron chi connectivity index (χ2n) is 7.15. The highest BCUT2D eigenvalue weighted by Crippen LogP contribution is 2.34. The number of nitrogens with zero attached hydrogens (tertiary/aromatic N) is 1. The van der Waals surface area contributed by atoms with Crippen molar-refractivity contribution in [3.8, 4) is 0 Å². The minimum absolute atomic E-state index is 0.137. The minimum Gasteiger partial charge on any atom is -0.300 e. The summed E-state index contributed by atoms with van der Waals surface area (Å²) in [6.45, 7) is 1.95. The number of hydrogen-bond acceptors (Lipinski definition) is 3. The predicted octanol–water partition coefficient (Wildman–Crippen LogP) is 6.85. The van der Waals surface area contributed by atoms with E-state index in [-0.39, 0.29) is 5.91 Å². The van der Waals surface area contributed by atoms with Crippen LogP contribution in [0.4, 0.5) is 5.69 Å². The Morgan fingerprint density at radius 1 is 0.933 bits per heavy atom. The fraction of sp³-hybridized carbons (Fsp3) is 0.0400. The number of thioether (sulfide) groups is 1. The summed E-state index contributed by atoms with van der Waals surface area (Å²) in [6.07, 6.45) is 1.97. The molecule has 4 aromatic carbocycles. The summed E-state index contributed by atoms with van der Waals surface area (Å²) in [5.41, 5.74) is 2.80. The molecule has 1 fully saturated rings. The maximum atomic E-state index is 12.7. The van der Waals surface area contributed by atoms with Gasteiger partial charge in [0.05, 0.1) is 10.6 Å². The zero-order chi connectivity index (χ0) is 20.7. The molecule has 0 bridgehead atoms. The van der Waals surface area contributed by atoms with Crippen LogP contribution in [0.25, 0.3) is 27.6 Å². The van der Waals surface area contributed by atoms with E-state index < -0.39 is 0 Å². The van der Waals surface area contributed by atoms with Crippen molar-refractivity contribution >= 4 is 67.7 Å². The number of aliphatic imine (C=N–C) groups is 1. The number of aryl methyl sites for hydroxylation is 1. The maximum Gasteiger partial charge on any atom is 0.264 e. The molecule has 5 heteroatoms. The van der Waals surface area contributed by atoms with Gasteiger partial charge in [-0.1, -0.05) is 60.1 Å². The second kappa shape index (κ2) is 7.63. The van der Waals surface area contributed by atoms with Crippen LogP contribution in [0.2, 0.25) is 5.02 Å². The number of carbonyl (C=O) groups is 1. The monoisotopic (exact) mass is 428 g/mol. The highest BCUT2D eigenvalue weighted by molar-refractivity contribution is 8.18. The largest absolute Gasteiger partial charge is 0.300 e. The first-order valence-corrected chi connectivity index (χ1v) is 10.7. The Kier molecular flexibility index (Phi) is 4.81. The highest BCUT2D eigenvalue weighted by atomic mass is 35.5. The molecular formula is C25H17ClN2OS. The van der Waals surface area contributed by atoms with Crippen molar-refractivity contribution in [2.24, 2.45) is 4.99 Å². The maximum absolute atomic E-state index is 12.7. The summed E-state index contributed by atoms with van der Waals surface area (Å²) in [5, 5.41) is 8.67. The zero-order valence-corrected chi connectivity index (χ0v) is 17.7. The van der Waals surface area contributed by atoms with Crippen LogP contribution in [0.3, 0.4) is 0 Å². The number of rotatable bonds is 2. The van der Waals surface area contributed by atoms with Crippen LogP contribution in [-0.4, -0.2) is 11.1 Å². The summed E-state index contributed by atoms with van der Waals surface area (Å²) in [6, 6.07) is 24.2. The third-order valence-corrected chi connectivity index (χ3v) is 6.27. The van der Waals surface area contributed by atoms with Crippen molar-refractivity contribution in [1.82, 2.24) is 5.32 Å². The summed E-state index contributed by atoms with van der Waals surface area (Å²) in [7, 11) is 0. The molecule has 146 valence electrons. The van der Waals surface area contributed by atoms with E-state index in [4.69, 9.17) is 11.6 Å². The standard InChI is InChI=1S/C25H17ClN2OS/c1-15-12-18(26)10-11-22(15)27-25-28-24(29)23(30-25)14-21-19-8-4-2-6-16(19)13-17-7-3-5-9-20(17)21/h2-14H,1H3,(H,27,28,29)/b23-14-. The van der Waals surface area contributed by atoms with E-state index in [1.165, 1.54) is 11.8 Å². The van der Waals surface area contributed by atoms with Crippen molar-refractivity contribution in [2.45, 2.75) is 6.92 Å². The first-order chi connectivity index (χ1) is 14.6. The van der Waals surface area contributed by atoms with Gasteiger partial charge in [-0.05, 0) is 81.7 Å². The minimum atomic E-state index is -0.137. The van der Waals surface area contributed by atoms with Gasteiger partial charge in [-0.2, -0.15) is 0 Å². The molecule has 1 N–H and O–H groups in total. The molecule has 1 aliphatic heterocycles. The van der Waals surface area contributed by atoms with Gasteiger partial charge in [0.25, 0.3) is 5.91 Å². The molecule has 0 spiro atoms. The number of benzene rings is 4. The molecular weight excluding hydrogens is 412 g/mol. The van der Waals surface area contributed by atoms with Gasteiger partial charge < -0.3 is 5.32 Å². The second-order valence-corrected chi connectivity index (χ2v) is 8.61. The number of amides is 1. The Balaban J connectivity index is 1.60. The molecule has 0 aliphatic carbocycles. The number of amidine groups is 1. The lowest BCUT2D eigenvalue weighted by Gasteiger charge is -2.08. The molecule has 4 aromatic rings. The van der Waals surface area contributed by atoms with Gasteiger partial charge in [-0.3, -0.25) is 4.79 Å². The SMILES string of the molecule is Cc1cc(Cl)ccc1N=C1NC(=O)/C(=C/c2c3ccccc3cc3ccccc23)S1. The Morgan fingerprint density at radius 3 is 2.27 bits per heavy atom. The van der Waals surface area contributed by atoms with E-state index in [9.17, 15) is 4.79 Å². The van der Waals surface area contributed by atoms with E-state index in [1.54, 1.807) is 6.07 Å². The van der Waals surface area contributed by atoms with Gasteiger partial charge in [0, 0.05) is 5.02 Å². The molecule has 1 amide bonds. The van der Waals surface area contributed by atoms with Crippen LogP contribution >= 0.6 is 23.4 Å². The Hall–Kier alpha value is -3.08. The van der Waals surface area contributed by atoms with Crippen LogP contribution in [0.5, 0.6) is 0 Å². The fourth-order valence-corrected chi connectivity index (χ4v) is 4.71. The molecule has 0 saturated carbocycles. The van der Waals surface area contributed by atoms with E-state index in [0.717, 1.165) is 38.4 Å². The molecule has 0 atom stereocenters. The lowest BCUT2D eigenvalue weighted by atomic mass is 9.96. The van der Waals surface area contributed by atoms with Gasteiger partial charge in [0.2, 0.25) is 0 Å². The molecule has 0 radical (unpaired) electrons. The smallest absolute Gasteiger partial charge is 0.264 e. The normalized spacial score (nSPS) is 16.7. The molecule has 30 heavy (non-hydrogen) atoms. The average molecular weight is 429 g/mol. The quantitative estimate of drug-likeness (QED) is 0.280. The molecule has 3 nitrogen and oxygen atoms in total. The van der Waals surface area contributed by atoms with E-state index in [0.29, 0.717) is 15.1 Å². The molecule has 0 unspecified atom stereocenters. The van der Waals surface area contributed by atoms with Crippen LogP contribution in [0.15, 0.2) is 82.7 Å². The van der Waals surface area contributed by atoms with Crippen molar-refractivity contribution < 1.29 is 4.79 Å². The molecule has 1 saturated heterocycles. The van der Waals surface area contributed by atoms with Crippen molar-refractivity contribution in [3.05, 3.63) is 93.9 Å². The third-order valence-electron chi connectivity index (χ3n) is 5.12. The third kappa shape index (κ3) is 3.49. The average Bonchev–Trinajstić information content (AvgIpc) is 3.09. The number of halogens is 1. The van der Waals surface area contributed by atoms with Gasteiger partial charge in [0.15, 0.2) is 5.17 Å². The van der Waals surface area contributed by atoms with Gasteiger partial charge in [-0.25, -0.2) is 4.99 Å². The number of hydrogen-bond donors (Lipinski definition) is 1. The summed E-state index contributed by atoms with van der Waals surface area (Å²) >= 11 is 7.39. The predicted molar refractivity (Wildman–Crippen MR) is 128 cm³/mol. The molecule has 1 aliphatic rings. The summed E-state index contributed by atoms with van der Waals surface area (Å²) in [5.74, 6) is -0.137. The van der Waals surface area contributed by atoms with Gasteiger partial charge in [0.1, 0.15) is 0 Å². The van der Waals surface area contributed by atoms with Crippen molar-refractivity contribution in [1.29, 1.82) is 0 Å². The molecule has 1 heterocycles. The van der Waals surface area contributed by atoms with Crippen LogP contribution in [0.1, 0.15) is 11.1 Å². The molecule has 5 rings (SSSR count). The Bertz CT molecular complexity index is 1340. The Morgan fingerprint density at radius 2 is 1.60 bits per heavy atom. The van der Waals surface area contributed by atoms with Crippen LogP contribution < -0.4 is 5.32 Å². The topological polar surface area (TPSA) is 41.5 Å². The van der Waals surface area contributed by atoms with Crippen molar-refractivity contribution in [2.75, 3.05) is 0 Å². The fourth-order valence-electron chi connectivity index (χ4n) is 3.67. The number of fused-ring (bicyclic) bond motifs is 2. The van der Waals surface area contributed by atoms with Crippen LogP contribution in [-0.2, 0) is 4.79 Å². The highest BCUT2D eigenvalue weighted by Gasteiger charge is 2.24. The molecule has 0 aromatic heterocycles. The lowest BCUT2D eigenvalue weighted by Crippen LogP contribution is -2.19. The number of nitrogens with one attached hydrogen (secondary N) is 1. The van der Waals surface area contributed by atoms with Crippen molar-refractivity contribution in [3.63, 3.8) is 0 Å².